The monoisotopic (exact) mass is 559 g/mol. The van der Waals surface area contributed by atoms with Gasteiger partial charge in [-0.3, -0.25) is 13.9 Å². The fourth-order valence-electron chi connectivity index (χ4n) is 3.83. The maximum absolute atomic E-state index is 13.8. The van der Waals surface area contributed by atoms with Gasteiger partial charge in [-0.25, -0.2) is 12.8 Å². The summed E-state index contributed by atoms with van der Waals surface area (Å²) in [6.45, 7) is 6.88. The van der Waals surface area contributed by atoms with Crippen molar-refractivity contribution >= 4 is 39.1 Å². The smallest absolute Gasteiger partial charge is 0.264 e. The van der Waals surface area contributed by atoms with Crippen molar-refractivity contribution < 1.29 is 22.4 Å². The van der Waals surface area contributed by atoms with Gasteiger partial charge in [-0.05, 0) is 92.9 Å². The molecule has 3 aromatic rings. The highest BCUT2D eigenvalue weighted by Gasteiger charge is 2.32. The lowest BCUT2D eigenvalue weighted by molar-refractivity contribution is -0.139. The minimum absolute atomic E-state index is 0.0147. The lowest BCUT2D eigenvalue weighted by atomic mass is 10.1. The molecule has 1 N–H and O–H groups in total. The second-order valence-corrected chi connectivity index (χ2v) is 11.3. The maximum atomic E-state index is 13.8. The molecule has 10 heteroatoms. The van der Waals surface area contributed by atoms with Crippen molar-refractivity contribution in [1.82, 2.24) is 10.2 Å². The second-order valence-electron chi connectivity index (χ2n) is 8.95. The summed E-state index contributed by atoms with van der Waals surface area (Å²) in [5.41, 5.74) is 2.72. The van der Waals surface area contributed by atoms with Crippen LogP contribution in [0.2, 0.25) is 5.02 Å². The highest BCUT2D eigenvalue weighted by atomic mass is 35.5. The third-order valence-electron chi connectivity index (χ3n) is 6.24. The van der Waals surface area contributed by atoms with E-state index in [2.05, 4.69) is 5.32 Å². The van der Waals surface area contributed by atoms with Gasteiger partial charge in [0.2, 0.25) is 11.8 Å². The number of hydrogen-bond acceptors (Lipinski definition) is 4. The minimum atomic E-state index is -4.19. The Morgan fingerprint density at radius 2 is 1.61 bits per heavy atom. The third-order valence-corrected chi connectivity index (χ3v) is 8.28. The van der Waals surface area contributed by atoms with Crippen molar-refractivity contribution in [3.8, 4) is 0 Å². The summed E-state index contributed by atoms with van der Waals surface area (Å²) >= 11 is 5.97. The summed E-state index contributed by atoms with van der Waals surface area (Å²) in [6, 6.07) is 15.5. The van der Waals surface area contributed by atoms with E-state index < -0.39 is 34.3 Å². The molecule has 0 unspecified atom stereocenters. The first-order chi connectivity index (χ1) is 17.9. The molecule has 38 heavy (non-hydrogen) atoms. The van der Waals surface area contributed by atoms with Crippen molar-refractivity contribution in [3.63, 3.8) is 0 Å². The number of carbonyl (C=O) groups is 2. The van der Waals surface area contributed by atoms with Crippen LogP contribution in [0.4, 0.5) is 10.1 Å². The van der Waals surface area contributed by atoms with Crippen molar-refractivity contribution in [2.75, 3.05) is 17.4 Å². The number of rotatable bonds is 10. The Morgan fingerprint density at radius 3 is 2.18 bits per heavy atom. The lowest BCUT2D eigenvalue weighted by Crippen LogP contribution is -2.51. The second kappa shape index (κ2) is 12.4. The highest BCUT2D eigenvalue weighted by molar-refractivity contribution is 7.92. The molecular formula is C28H31ClFN3O4S. The number of halogens is 2. The molecule has 202 valence electrons. The van der Waals surface area contributed by atoms with Crippen LogP contribution in [0.25, 0.3) is 0 Å². The first-order valence-corrected chi connectivity index (χ1v) is 13.9. The largest absolute Gasteiger partial charge is 0.355 e. The van der Waals surface area contributed by atoms with Crippen LogP contribution in [0.15, 0.2) is 71.6 Å². The Bertz CT molecular complexity index is 1400. The zero-order valence-corrected chi connectivity index (χ0v) is 23.3. The van der Waals surface area contributed by atoms with Crippen LogP contribution in [0, 0.1) is 19.7 Å². The van der Waals surface area contributed by atoms with Crippen LogP contribution in [0.1, 0.15) is 30.5 Å². The van der Waals surface area contributed by atoms with E-state index in [9.17, 15) is 22.4 Å². The Morgan fingerprint density at radius 1 is 0.974 bits per heavy atom. The van der Waals surface area contributed by atoms with Gasteiger partial charge in [-0.1, -0.05) is 29.8 Å². The quantitative estimate of drug-likeness (QED) is 0.385. The maximum Gasteiger partial charge on any atom is 0.264 e. The van der Waals surface area contributed by atoms with Gasteiger partial charge in [-0.15, -0.1) is 0 Å². The van der Waals surface area contributed by atoms with Crippen molar-refractivity contribution in [2.24, 2.45) is 0 Å². The summed E-state index contributed by atoms with van der Waals surface area (Å²) in [7, 11) is -4.19. The SMILES string of the molecule is CCNC(=O)[C@@H](C)N(Cc1ccc(F)cc1)C(=O)CN(c1ccc(C)c(C)c1)S(=O)(=O)c1ccc(Cl)cc1. The number of amides is 2. The van der Waals surface area contributed by atoms with E-state index in [0.717, 1.165) is 15.4 Å². The number of hydrogen-bond donors (Lipinski definition) is 1. The molecule has 0 saturated carbocycles. The van der Waals surface area contributed by atoms with Crippen LogP contribution >= 0.6 is 11.6 Å². The normalized spacial score (nSPS) is 12.1. The van der Waals surface area contributed by atoms with Gasteiger partial charge in [0.05, 0.1) is 10.6 Å². The van der Waals surface area contributed by atoms with E-state index in [-0.39, 0.29) is 17.3 Å². The topological polar surface area (TPSA) is 86.8 Å². The van der Waals surface area contributed by atoms with E-state index in [1.165, 1.54) is 53.4 Å². The molecular weight excluding hydrogens is 529 g/mol. The van der Waals surface area contributed by atoms with Crippen LogP contribution in [0.5, 0.6) is 0 Å². The molecule has 3 rings (SSSR count). The Hall–Kier alpha value is -3.43. The van der Waals surface area contributed by atoms with Gasteiger partial charge in [0.25, 0.3) is 10.0 Å². The number of nitrogens with zero attached hydrogens (tertiary/aromatic N) is 2. The van der Waals surface area contributed by atoms with Crippen LogP contribution in [0.3, 0.4) is 0 Å². The number of anilines is 1. The van der Waals surface area contributed by atoms with Gasteiger partial charge in [0.15, 0.2) is 0 Å². The summed E-state index contributed by atoms with van der Waals surface area (Å²) in [5, 5.41) is 3.07. The zero-order chi connectivity index (χ0) is 28.0. The molecule has 7 nitrogen and oxygen atoms in total. The molecule has 3 aromatic carbocycles. The van der Waals surface area contributed by atoms with Crippen LogP contribution in [-0.4, -0.2) is 44.3 Å². The van der Waals surface area contributed by atoms with Crippen molar-refractivity contribution in [2.45, 2.75) is 45.2 Å². The van der Waals surface area contributed by atoms with E-state index in [0.29, 0.717) is 22.8 Å². The molecule has 0 radical (unpaired) electrons. The minimum Gasteiger partial charge on any atom is -0.355 e. The Labute approximate surface area is 228 Å². The Kier molecular flexibility index (Phi) is 9.51. The van der Waals surface area contributed by atoms with Crippen molar-refractivity contribution in [1.29, 1.82) is 0 Å². The molecule has 0 heterocycles. The first kappa shape index (κ1) is 29.1. The van der Waals surface area contributed by atoms with Gasteiger partial charge < -0.3 is 10.2 Å². The Balaban J connectivity index is 2.05. The first-order valence-electron chi connectivity index (χ1n) is 12.1. The summed E-state index contributed by atoms with van der Waals surface area (Å²) < 4.78 is 42.1. The average Bonchev–Trinajstić information content (AvgIpc) is 2.88. The number of likely N-dealkylation sites (N-methyl/N-ethyl adjacent to an activating group) is 1. The standard InChI is InChI=1S/C28H31ClFN3O4S/c1-5-31-28(35)21(4)32(17-22-7-11-24(30)12-8-22)27(34)18-33(25-13-6-19(2)20(3)16-25)38(36,37)26-14-9-23(29)10-15-26/h6-16,21H,5,17-18H2,1-4H3,(H,31,35)/t21-/m1/s1. The molecule has 0 saturated heterocycles. The van der Waals surface area contributed by atoms with Gasteiger partial charge in [0.1, 0.15) is 18.4 Å². The number of nitrogens with one attached hydrogen (secondary N) is 1. The van der Waals surface area contributed by atoms with E-state index in [4.69, 9.17) is 11.6 Å². The molecule has 0 spiro atoms. The molecule has 0 aromatic heterocycles. The number of sulfonamides is 1. The van der Waals surface area contributed by atoms with Crippen LogP contribution < -0.4 is 9.62 Å². The predicted molar refractivity (Wildman–Crippen MR) is 147 cm³/mol. The molecule has 0 aliphatic rings. The summed E-state index contributed by atoms with van der Waals surface area (Å²) in [6.07, 6.45) is 0. The molecule has 1 atom stereocenters. The number of aryl methyl sites for hydroxylation is 2. The van der Waals surface area contributed by atoms with Gasteiger partial charge in [0, 0.05) is 18.1 Å². The van der Waals surface area contributed by atoms with E-state index >= 15 is 0 Å². The number of carbonyl (C=O) groups excluding carboxylic acids is 2. The average molecular weight is 560 g/mol. The fourth-order valence-corrected chi connectivity index (χ4v) is 5.37. The van der Waals surface area contributed by atoms with Gasteiger partial charge >= 0.3 is 0 Å². The highest BCUT2D eigenvalue weighted by Crippen LogP contribution is 2.27. The summed E-state index contributed by atoms with van der Waals surface area (Å²) in [5.74, 6) is -1.41. The predicted octanol–water partition coefficient (Wildman–Crippen LogP) is 4.84. The molecule has 0 aliphatic carbocycles. The van der Waals surface area contributed by atoms with Gasteiger partial charge in [-0.2, -0.15) is 0 Å². The fraction of sp³-hybridized carbons (Fsp3) is 0.286. The molecule has 0 aliphatic heterocycles. The molecule has 2 amide bonds. The van der Waals surface area contributed by atoms with Crippen molar-refractivity contribution in [3.05, 3.63) is 94.3 Å². The lowest BCUT2D eigenvalue weighted by Gasteiger charge is -2.32. The van der Waals surface area contributed by atoms with E-state index in [1.54, 1.807) is 32.0 Å². The van der Waals surface area contributed by atoms with Crippen LogP contribution in [-0.2, 0) is 26.2 Å². The molecule has 0 bridgehead atoms. The molecule has 0 fully saturated rings. The number of benzene rings is 3. The zero-order valence-electron chi connectivity index (χ0n) is 21.7. The summed E-state index contributed by atoms with van der Waals surface area (Å²) in [4.78, 5) is 27.8. The third kappa shape index (κ3) is 6.90. The van der Waals surface area contributed by atoms with E-state index in [1.807, 2.05) is 13.8 Å².